The van der Waals surface area contributed by atoms with Crippen molar-refractivity contribution in [3.63, 3.8) is 0 Å². The smallest absolute Gasteiger partial charge is 0.307 e. The van der Waals surface area contributed by atoms with Crippen molar-refractivity contribution in [3.05, 3.63) is 90.9 Å². The maximum absolute atomic E-state index is 13.2. The zero-order chi connectivity index (χ0) is 28.9. The summed E-state index contributed by atoms with van der Waals surface area (Å²) in [6, 6.07) is 16.5. The van der Waals surface area contributed by atoms with Crippen molar-refractivity contribution in [1.29, 1.82) is 0 Å². The fourth-order valence-electron chi connectivity index (χ4n) is 4.84. The number of ketones is 1. The number of imidazole rings is 1. The predicted octanol–water partition coefficient (Wildman–Crippen LogP) is 6.07. The number of para-hydroxylation sites is 3. The molecular weight excluding hydrogens is 536 g/mol. The van der Waals surface area contributed by atoms with Crippen molar-refractivity contribution in [3.8, 4) is 17.1 Å². The van der Waals surface area contributed by atoms with Crippen molar-refractivity contribution in [2.75, 3.05) is 7.11 Å². The second-order valence-electron chi connectivity index (χ2n) is 9.79. The van der Waals surface area contributed by atoms with Gasteiger partial charge in [0.25, 0.3) is 11.8 Å². The molecule has 42 heavy (non-hydrogen) atoms. The van der Waals surface area contributed by atoms with Gasteiger partial charge in [0.15, 0.2) is 5.58 Å². The summed E-state index contributed by atoms with van der Waals surface area (Å²) in [5.41, 5.74) is 3.42. The van der Waals surface area contributed by atoms with Crippen molar-refractivity contribution in [2.45, 2.75) is 38.1 Å². The Kier molecular flexibility index (Phi) is 7.71. The van der Waals surface area contributed by atoms with Crippen LogP contribution in [0.4, 0.5) is 0 Å². The summed E-state index contributed by atoms with van der Waals surface area (Å²) < 4.78 is 16.4. The number of carbonyl (C=O) groups is 2. The minimum absolute atomic E-state index is 0.0232. The number of carbonyl (C=O) groups excluding carboxylic acids is 2. The van der Waals surface area contributed by atoms with E-state index < -0.39 is 11.9 Å². The normalized spacial score (nSPS) is 12.0. The molecule has 0 aliphatic heterocycles. The number of benzene rings is 2. The molecule has 4 heterocycles. The summed E-state index contributed by atoms with van der Waals surface area (Å²) in [4.78, 5) is 46.3. The van der Waals surface area contributed by atoms with Crippen LogP contribution in [0.5, 0.6) is 5.88 Å². The summed E-state index contributed by atoms with van der Waals surface area (Å²) in [5.74, 6) is 0.560. The summed E-state index contributed by atoms with van der Waals surface area (Å²) >= 11 is 0. The molecule has 0 aliphatic rings. The third-order valence-corrected chi connectivity index (χ3v) is 6.96. The number of unbranched alkanes of at least 4 members (excludes halogenated alkanes) is 2. The standard InChI is InChI=1S/C31H28N6O5/c1-40-29-20(17-19-9-5-6-10-21(19)36-29)24-18-33-27(34-24)23(12-3-2-4-13-25(38)30-32-15-16-41-30)35-28(39)31-37-22-11-7-8-14-26(22)42-31/h5-11,14-18,23H,2-4,12-13H2,1H3,(H,33,34)(H,35,39)/t23-/m0/s1. The molecule has 0 bridgehead atoms. The quantitative estimate of drug-likeness (QED) is 0.133. The molecule has 0 saturated carbocycles. The van der Waals surface area contributed by atoms with Gasteiger partial charge in [-0.05, 0) is 37.1 Å². The average molecular weight is 565 g/mol. The second-order valence-corrected chi connectivity index (χ2v) is 9.79. The molecule has 2 N–H and O–H groups in total. The highest BCUT2D eigenvalue weighted by atomic mass is 16.5. The van der Waals surface area contributed by atoms with Crippen molar-refractivity contribution in [1.82, 2.24) is 30.2 Å². The lowest BCUT2D eigenvalue weighted by Crippen LogP contribution is -2.29. The Labute approximate surface area is 240 Å². The first-order chi connectivity index (χ1) is 20.6. The molecule has 11 nitrogen and oxygen atoms in total. The Morgan fingerprint density at radius 3 is 2.62 bits per heavy atom. The Balaban J connectivity index is 1.21. The van der Waals surface area contributed by atoms with Gasteiger partial charge < -0.3 is 23.9 Å². The van der Waals surface area contributed by atoms with E-state index in [0.29, 0.717) is 47.8 Å². The van der Waals surface area contributed by atoms with E-state index in [9.17, 15) is 9.59 Å². The van der Waals surface area contributed by atoms with Crippen LogP contribution in [-0.2, 0) is 0 Å². The number of Topliss-reactive ketones (excluding diaryl/α,β-unsaturated/α-hetero) is 1. The molecule has 0 saturated heterocycles. The third kappa shape index (κ3) is 5.75. The Hall–Kier alpha value is -5.32. The molecule has 6 aromatic rings. The van der Waals surface area contributed by atoms with E-state index in [0.717, 1.165) is 29.3 Å². The lowest BCUT2D eigenvalue weighted by molar-refractivity contribution is 0.0899. The first kappa shape index (κ1) is 26.9. The number of aromatic amines is 1. The van der Waals surface area contributed by atoms with E-state index in [1.807, 2.05) is 42.5 Å². The highest BCUT2D eigenvalue weighted by Crippen LogP contribution is 2.32. The number of hydrogen-bond donors (Lipinski definition) is 2. The van der Waals surface area contributed by atoms with Crippen LogP contribution in [-0.4, -0.2) is 43.7 Å². The SMILES string of the molecule is COc1nc2ccccc2cc1-c1cnc([C@H](CCCCCC(=O)c2ncco2)NC(=O)c2nc3ccccc3o2)[nH]1. The maximum atomic E-state index is 13.2. The van der Waals surface area contributed by atoms with Gasteiger partial charge >= 0.3 is 5.91 Å². The first-order valence-electron chi connectivity index (χ1n) is 13.7. The molecule has 6 rings (SSSR count). The number of nitrogens with zero attached hydrogens (tertiary/aromatic N) is 4. The van der Waals surface area contributed by atoms with Gasteiger partial charge in [-0.25, -0.2) is 19.9 Å². The maximum Gasteiger partial charge on any atom is 0.307 e. The number of amides is 1. The van der Waals surface area contributed by atoms with Crippen LogP contribution in [0, 0.1) is 0 Å². The number of pyridine rings is 1. The lowest BCUT2D eigenvalue weighted by atomic mass is 10.1. The number of nitrogens with one attached hydrogen (secondary N) is 2. The van der Waals surface area contributed by atoms with Crippen LogP contribution < -0.4 is 10.1 Å². The van der Waals surface area contributed by atoms with Crippen LogP contribution in [0.25, 0.3) is 33.3 Å². The molecule has 0 spiro atoms. The molecule has 4 aromatic heterocycles. The molecule has 1 atom stereocenters. The van der Waals surface area contributed by atoms with Crippen LogP contribution >= 0.6 is 0 Å². The fourth-order valence-corrected chi connectivity index (χ4v) is 4.84. The van der Waals surface area contributed by atoms with Gasteiger partial charge in [0.05, 0.1) is 42.3 Å². The topological polar surface area (TPSA) is 149 Å². The minimum atomic E-state index is -0.469. The van der Waals surface area contributed by atoms with Gasteiger partial charge in [-0.2, -0.15) is 0 Å². The van der Waals surface area contributed by atoms with Gasteiger partial charge in [0.1, 0.15) is 17.6 Å². The second kappa shape index (κ2) is 12.0. The average Bonchev–Trinajstić information content (AvgIpc) is 3.80. The highest BCUT2D eigenvalue weighted by Gasteiger charge is 2.23. The van der Waals surface area contributed by atoms with Crippen LogP contribution in [0.3, 0.4) is 0 Å². The number of rotatable bonds is 12. The van der Waals surface area contributed by atoms with E-state index >= 15 is 0 Å². The first-order valence-corrected chi connectivity index (χ1v) is 13.7. The zero-order valence-corrected chi connectivity index (χ0v) is 22.9. The molecule has 2 aromatic carbocycles. The molecule has 0 unspecified atom stereocenters. The van der Waals surface area contributed by atoms with Gasteiger partial charge in [0.2, 0.25) is 11.7 Å². The molecule has 0 fully saturated rings. The van der Waals surface area contributed by atoms with Crippen molar-refractivity contribution >= 4 is 33.7 Å². The number of fused-ring (bicyclic) bond motifs is 2. The van der Waals surface area contributed by atoms with Crippen molar-refractivity contribution in [2.24, 2.45) is 0 Å². The Bertz CT molecular complexity index is 1810. The minimum Gasteiger partial charge on any atom is -0.480 e. The molecule has 212 valence electrons. The van der Waals surface area contributed by atoms with Gasteiger partial charge in [-0.15, -0.1) is 0 Å². The Morgan fingerprint density at radius 2 is 1.81 bits per heavy atom. The summed E-state index contributed by atoms with van der Waals surface area (Å²) in [7, 11) is 1.58. The third-order valence-electron chi connectivity index (χ3n) is 6.96. The zero-order valence-electron chi connectivity index (χ0n) is 22.9. The molecule has 0 radical (unpaired) electrons. The van der Waals surface area contributed by atoms with E-state index in [1.165, 1.54) is 12.5 Å². The number of aromatic nitrogens is 5. The summed E-state index contributed by atoms with van der Waals surface area (Å²) in [5, 5.41) is 3.99. The number of ether oxygens (including phenoxy) is 1. The monoisotopic (exact) mass is 564 g/mol. The van der Waals surface area contributed by atoms with E-state index in [1.54, 1.807) is 25.4 Å². The largest absolute Gasteiger partial charge is 0.480 e. The van der Waals surface area contributed by atoms with Crippen LogP contribution in [0.15, 0.2) is 82.1 Å². The lowest BCUT2D eigenvalue weighted by Gasteiger charge is -2.16. The molecule has 1 amide bonds. The van der Waals surface area contributed by atoms with Gasteiger partial charge in [0, 0.05) is 11.8 Å². The highest BCUT2D eigenvalue weighted by molar-refractivity contribution is 5.93. The van der Waals surface area contributed by atoms with Crippen molar-refractivity contribution < 1.29 is 23.2 Å². The molecule has 11 heteroatoms. The fraction of sp³-hybridized carbons (Fsp3) is 0.226. The predicted molar refractivity (Wildman–Crippen MR) is 154 cm³/mol. The van der Waals surface area contributed by atoms with Gasteiger partial charge in [-0.1, -0.05) is 43.2 Å². The van der Waals surface area contributed by atoms with Gasteiger partial charge in [-0.3, -0.25) is 9.59 Å². The summed E-state index contributed by atoms with van der Waals surface area (Å²) in [6.45, 7) is 0. The molecular formula is C31H28N6O5. The van der Waals surface area contributed by atoms with E-state index in [2.05, 4.69) is 30.2 Å². The van der Waals surface area contributed by atoms with E-state index in [-0.39, 0.29) is 17.6 Å². The van der Waals surface area contributed by atoms with E-state index in [4.69, 9.17) is 13.6 Å². The number of hydrogen-bond acceptors (Lipinski definition) is 9. The number of methoxy groups -OCH3 is 1. The summed E-state index contributed by atoms with van der Waals surface area (Å²) in [6.07, 6.45) is 7.61. The van der Waals surface area contributed by atoms with Crippen LogP contribution in [0.1, 0.15) is 65.3 Å². The van der Waals surface area contributed by atoms with Crippen LogP contribution in [0.2, 0.25) is 0 Å². The number of H-pyrrole nitrogens is 1. The number of oxazole rings is 2. The molecule has 0 aliphatic carbocycles. The Morgan fingerprint density at radius 1 is 0.976 bits per heavy atom.